The first kappa shape index (κ1) is 19.2. The molecular weight excluding hydrogens is 410 g/mol. The molecule has 1 aromatic heterocycles. The summed E-state index contributed by atoms with van der Waals surface area (Å²) in [5.41, 5.74) is 2.40. The van der Waals surface area contributed by atoms with Crippen LogP contribution in [0, 0.1) is 0 Å². The van der Waals surface area contributed by atoms with Crippen LogP contribution in [0.25, 0.3) is 11.0 Å². The quantitative estimate of drug-likeness (QED) is 0.607. The first-order valence-electron chi connectivity index (χ1n) is 8.48. The third kappa shape index (κ3) is 3.90. The molecule has 2 aromatic carbocycles. The average molecular weight is 430 g/mol. The Bertz CT molecular complexity index is 999. The number of carboxylic acid groups (broad SMARTS) is 1. The molecule has 140 valence electrons. The smallest absolute Gasteiger partial charge is 0.330 e. The van der Waals surface area contributed by atoms with E-state index in [4.69, 9.17) is 4.42 Å². The number of amides is 1. The lowest BCUT2D eigenvalue weighted by Crippen LogP contribution is -2.33. The summed E-state index contributed by atoms with van der Waals surface area (Å²) in [4.78, 5) is 24.5. The Morgan fingerprint density at radius 3 is 2.37 bits per heavy atom. The Labute approximate surface area is 165 Å². The highest BCUT2D eigenvalue weighted by molar-refractivity contribution is 9.10. The number of carbonyl (C=O) groups excluding carboxylic acids is 1. The molecular formula is C21H20BrNO4. The Hall–Kier alpha value is -2.60. The van der Waals surface area contributed by atoms with E-state index in [1.807, 2.05) is 12.1 Å². The zero-order chi connectivity index (χ0) is 19.8. The van der Waals surface area contributed by atoms with Crippen molar-refractivity contribution >= 4 is 38.8 Å². The van der Waals surface area contributed by atoms with E-state index in [0.717, 1.165) is 5.56 Å². The predicted octanol–water partition coefficient (Wildman–Crippen LogP) is 5.05. The van der Waals surface area contributed by atoms with Crippen LogP contribution in [0.15, 0.2) is 57.6 Å². The molecule has 0 radical (unpaired) electrons. The molecule has 3 rings (SSSR count). The lowest BCUT2D eigenvalue weighted by atomic mass is 9.86. The number of hydrogen-bond donors (Lipinski definition) is 2. The first-order chi connectivity index (χ1) is 12.7. The van der Waals surface area contributed by atoms with E-state index in [1.54, 1.807) is 30.3 Å². The standard InChI is InChI=1S/C21H20BrNO4/c1-21(2,3)13-9-7-12(8-10-13)18(20(25)26)23-19(24)14-11-27-16-6-4-5-15(22)17(14)16/h4-11,18H,1-3H3,(H,23,24)(H,25,26). The van der Waals surface area contributed by atoms with E-state index >= 15 is 0 Å². The molecule has 0 aliphatic rings. The zero-order valence-corrected chi connectivity index (χ0v) is 16.8. The number of rotatable bonds is 4. The minimum Gasteiger partial charge on any atom is -0.479 e. The fourth-order valence-corrected chi connectivity index (χ4v) is 3.45. The van der Waals surface area contributed by atoms with Gasteiger partial charge in [0.05, 0.1) is 5.56 Å². The van der Waals surface area contributed by atoms with Crippen molar-refractivity contribution in [1.29, 1.82) is 0 Å². The number of halogens is 1. The minimum atomic E-state index is -1.15. The van der Waals surface area contributed by atoms with Gasteiger partial charge in [-0.3, -0.25) is 4.79 Å². The van der Waals surface area contributed by atoms with Gasteiger partial charge >= 0.3 is 5.97 Å². The molecule has 1 unspecified atom stereocenters. The molecule has 0 spiro atoms. The fourth-order valence-electron chi connectivity index (χ4n) is 2.88. The van der Waals surface area contributed by atoms with Gasteiger partial charge in [0.25, 0.3) is 5.91 Å². The van der Waals surface area contributed by atoms with Crippen molar-refractivity contribution in [2.45, 2.75) is 32.2 Å². The van der Waals surface area contributed by atoms with Gasteiger partial charge in [0.15, 0.2) is 6.04 Å². The maximum Gasteiger partial charge on any atom is 0.330 e. The molecule has 1 atom stereocenters. The highest BCUT2D eigenvalue weighted by atomic mass is 79.9. The average Bonchev–Trinajstić information content (AvgIpc) is 3.04. The molecule has 3 aromatic rings. The SMILES string of the molecule is CC(C)(C)c1ccc(C(NC(=O)c2coc3cccc(Br)c23)C(=O)O)cc1. The Balaban J connectivity index is 1.90. The fraction of sp³-hybridized carbons (Fsp3) is 0.238. The number of hydrogen-bond acceptors (Lipinski definition) is 3. The van der Waals surface area contributed by atoms with Crippen molar-refractivity contribution in [1.82, 2.24) is 5.32 Å². The summed E-state index contributed by atoms with van der Waals surface area (Å²) in [6, 6.07) is 11.5. The molecule has 1 heterocycles. The lowest BCUT2D eigenvalue weighted by molar-refractivity contribution is -0.139. The number of carboxylic acids is 1. The molecule has 0 saturated heterocycles. The van der Waals surface area contributed by atoms with Gasteiger partial charge in [-0.15, -0.1) is 0 Å². The topological polar surface area (TPSA) is 79.5 Å². The van der Waals surface area contributed by atoms with E-state index in [0.29, 0.717) is 21.0 Å². The van der Waals surface area contributed by atoms with Crippen molar-refractivity contribution in [3.63, 3.8) is 0 Å². The number of aliphatic carboxylic acids is 1. The van der Waals surface area contributed by atoms with Crippen LogP contribution in [-0.2, 0) is 10.2 Å². The summed E-state index contributed by atoms with van der Waals surface area (Å²) in [7, 11) is 0. The summed E-state index contributed by atoms with van der Waals surface area (Å²) in [5, 5.41) is 12.8. The van der Waals surface area contributed by atoms with Gasteiger partial charge in [0, 0.05) is 9.86 Å². The van der Waals surface area contributed by atoms with Crippen LogP contribution in [0.3, 0.4) is 0 Å². The number of nitrogens with one attached hydrogen (secondary N) is 1. The van der Waals surface area contributed by atoms with Crippen LogP contribution in [0.1, 0.15) is 48.3 Å². The summed E-state index contributed by atoms with van der Waals surface area (Å²) < 4.78 is 6.12. The summed E-state index contributed by atoms with van der Waals surface area (Å²) in [6.07, 6.45) is 1.34. The second kappa shape index (κ2) is 7.19. The van der Waals surface area contributed by atoms with Crippen molar-refractivity contribution in [2.24, 2.45) is 0 Å². The van der Waals surface area contributed by atoms with Gasteiger partial charge in [-0.1, -0.05) is 67.0 Å². The summed E-state index contributed by atoms with van der Waals surface area (Å²) in [6.45, 7) is 6.25. The van der Waals surface area contributed by atoms with Crippen LogP contribution >= 0.6 is 15.9 Å². The van der Waals surface area contributed by atoms with Gasteiger partial charge in [0.1, 0.15) is 11.8 Å². The molecule has 0 aliphatic carbocycles. The summed E-state index contributed by atoms with van der Waals surface area (Å²) >= 11 is 3.41. The number of benzene rings is 2. The van der Waals surface area contributed by atoms with Crippen LogP contribution in [0.2, 0.25) is 0 Å². The van der Waals surface area contributed by atoms with Gasteiger partial charge < -0.3 is 14.8 Å². The molecule has 1 amide bonds. The van der Waals surface area contributed by atoms with Crippen molar-refractivity contribution in [2.75, 3.05) is 0 Å². The number of carbonyl (C=O) groups is 2. The Morgan fingerprint density at radius 1 is 1.11 bits per heavy atom. The van der Waals surface area contributed by atoms with E-state index in [2.05, 4.69) is 42.0 Å². The van der Waals surface area contributed by atoms with Crippen LogP contribution in [0.4, 0.5) is 0 Å². The number of fused-ring (bicyclic) bond motifs is 1. The van der Waals surface area contributed by atoms with E-state index in [9.17, 15) is 14.7 Å². The largest absolute Gasteiger partial charge is 0.479 e. The molecule has 0 bridgehead atoms. The third-order valence-corrected chi connectivity index (χ3v) is 5.09. The molecule has 6 heteroatoms. The molecule has 27 heavy (non-hydrogen) atoms. The Morgan fingerprint density at radius 2 is 1.78 bits per heavy atom. The zero-order valence-electron chi connectivity index (χ0n) is 15.2. The first-order valence-corrected chi connectivity index (χ1v) is 9.27. The minimum absolute atomic E-state index is 0.0392. The maximum atomic E-state index is 12.7. The number of furan rings is 1. The molecule has 2 N–H and O–H groups in total. The second-order valence-electron chi connectivity index (χ2n) is 7.38. The normalized spacial score (nSPS) is 12.7. The monoisotopic (exact) mass is 429 g/mol. The molecule has 0 saturated carbocycles. The molecule has 5 nitrogen and oxygen atoms in total. The van der Waals surface area contributed by atoms with Gasteiger partial charge in [-0.05, 0) is 28.7 Å². The maximum absolute atomic E-state index is 12.7. The van der Waals surface area contributed by atoms with E-state index in [-0.39, 0.29) is 11.0 Å². The van der Waals surface area contributed by atoms with Crippen LogP contribution < -0.4 is 5.32 Å². The van der Waals surface area contributed by atoms with Crippen molar-refractivity contribution < 1.29 is 19.1 Å². The van der Waals surface area contributed by atoms with Crippen molar-refractivity contribution in [3.8, 4) is 0 Å². The molecule has 0 aliphatic heterocycles. The second-order valence-corrected chi connectivity index (χ2v) is 8.23. The third-order valence-electron chi connectivity index (χ3n) is 4.43. The summed E-state index contributed by atoms with van der Waals surface area (Å²) in [5.74, 6) is -1.63. The van der Waals surface area contributed by atoms with E-state index < -0.39 is 17.9 Å². The van der Waals surface area contributed by atoms with Crippen LogP contribution in [0.5, 0.6) is 0 Å². The highest BCUT2D eigenvalue weighted by Crippen LogP contribution is 2.29. The Kier molecular flexibility index (Phi) is 5.11. The van der Waals surface area contributed by atoms with Crippen molar-refractivity contribution in [3.05, 3.63) is 69.9 Å². The van der Waals surface area contributed by atoms with Gasteiger partial charge in [0.2, 0.25) is 0 Å². The van der Waals surface area contributed by atoms with E-state index in [1.165, 1.54) is 6.26 Å². The van der Waals surface area contributed by atoms with Gasteiger partial charge in [-0.2, -0.15) is 0 Å². The predicted molar refractivity (Wildman–Crippen MR) is 107 cm³/mol. The van der Waals surface area contributed by atoms with Gasteiger partial charge in [-0.25, -0.2) is 4.79 Å². The molecule has 0 fully saturated rings. The van der Waals surface area contributed by atoms with Crippen LogP contribution in [-0.4, -0.2) is 17.0 Å². The highest BCUT2D eigenvalue weighted by Gasteiger charge is 2.25. The lowest BCUT2D eigenvalue weighted by Gasteiger charge is -2.20.